The molecular weight excluding hydrogens is 202 g/mol. The van der Waals surface area contributed by atoms with Gasteiger partial charge in [-0.2, -0.15) is 5.10 Å². The molecule has 2 unspecified atom stereocenters. The molecule has 0 saturated heterocycles. The van der Waals surface area contributed by atoms with Gasteiger partial charge in [0.25, 0.3) is 5.56 Å². The minimum Gasteiger partial charge on any atom is -0.390 e. The monoisotopic (exact) mass is 211 g/mol. The topological polar surface area (TPSA) is 135 Å². The second-order valence-corrected chi connectivity index (χ2v) is 2.77. The molecule has 0 aliphatic rings. The predicted octanol–water partition coefficient (Wildman–Crippen LogP) is -0.526. The van der Waals surface area contributed by atoms with Gasteiger partial charge in [-0.1, -0.05) is 5.11 Å². The van der Waals surface area contributed by atoms with Gasteiger partial charge in [-0.3, -0.25) is 4.79 Å². The van der Waals surface area contributed by atoms with Gasteiger partial charge < -0.3 is 10.2 Å². The summed E-state index contributed by atoms with van der Waals surface area (Å²) in [4.78, 5) is 13.1. The lowest BCUT2D eigenvalue weighted by Crippen LogP contribution is -2.23. The quantitative estimate of drug-likeness (QED) is 0.350. The van der Waals surface area contributed by atoms with E-state index in [1.807, 2.05) is 0 Å². The van der Waals surface area contributed by atoms with Gasteiger partial charge in [0.2, 0.25) is 0 Å². The Hall–Kier alpha value is -1.89. The summed E-state index contributed by atoms with van der Waals surface area (Å²) < 4.78 is 0. The third kappa shape index (κ3) is 3.06. The van der Waals surface area contributed by atoms with Crippen LogP contribution in [0, 0.1) is 0 Å². The standard InChI is InChI=1S/C7H9N5O3/c8-12-9-3-5(13)7(15)4-1-2-6(14)11-10-4/h1-2,5,7,13,15H,3H2,(H,11,14). The minimum atomic E-state index is -1.30. The molecule has 3 N–H and O–H groups in total. The normalized spacial score (nSPS) is 14.0. The molecule has 1 rings (SSSR count). The van der Waals surface area contributed by atoms with Crippen molar-refractivity contribution in [1.82, 2.24) is 10.2 Å². The molecule has 0 saturated carbocycles. The van der Waals surface area contributed by atoms with Crippen molar-refractivity contribution in [2.75, 3.05) is 6.54 Å². The van der Waals surface area contributed by atoms with Crippen LogP contribution < -0.4 is 5.56 Å². The van der Waals surface area contributed by atoms with Gasteiger partial charge in [0.1, 0.15) is 6.10 Å². The fourth-order valence-electron chi connectivity index (χ4n) is 0.937. The van der Waals surface area contributed by atoms with Crippen LogP contribution in [0.15, 0.2) is 22.0 Å². The summed E-state index contributed by atoms with van der Waals surface area (Å²) in [5.41, 5.74) is 7.71. The summed E-state index contributed by atoms with van der Waals surface area (Å²) in [5, 5.41) is 27.6. The van der Waals surface area contributed by atoms with Crippen LogP contribution in [0.1, 0.15) is 11.8 Å². The van der Waals surface area contributed by atoms with E-state index in [1.165, 1.54) is 12.1 Å². The maximum absolute atomic E-state index is 10.7. The second-order valence-electron chi connectivity index (χ2n) is 2.77. The average molecular weight is 211 g/mol. The van der Waals surface area contributed by atoms with Crippen LogP contribution in [0.2, 0.25) is 0 Å². The lowest BCUT2D eigenvalue weighted by Gasteiger charge is -2.14. The molecule has 0 spiro atoms. The van der Waals surface area contributed by atoms with Crippen LogP contribution in [-0.2, 0) is 0 Å². The molecule has 1 heterocycles. The first-order valence-corrected chi connectivity index (χ1v) is 4.07. The van der Waals surface area contributed by atoms with Gasteiger partial charge in [-0.05, 0) is 11.6 Å². The van der Waals surface area contributed by atoms with Crippen molar-refractivity contribution < 1.29 is 10.2 Å². The zero-order valence-corrected chi connectivity index (χ0v) is 7.61. The first kappa shape index (κ1) is 11.2. The van der Waals surface area contributed by atoms with E-state index in [1.54, 1.807) is 0 Å². The van der Waals surface area contributed by atoms with E-state index in [2.05, 4.69) is 20.2 Å². The molecule has 8 heteroatoms. The maximum Gasteiger partial charge on any atom is 0.264 e. The van der Waals surface area contributed by atoms with E-state index in [9.17, 15) is 15.0 Å². The Morgan fingerprint density at radius 3 is 2.87 bits per heavy atom. The summed E-state index contributed by atoms with van der Waals surface area (Å²) >= 11 is 0. The van der Waals surface area contributed by atoms with Crippen molar-refractivity contribution in [1.29, 1.82) is 0 Å². The molecule has 0 bridgehead atoms. The molecule has 1 aromatic rings. The van der Waals surface area contributed by atoms with Crippen molar-refractivity contribution in [3.8, 4) is 0 Å². The maximum atomic E-state index is 10.7. The van der Waals surface area contributed by atoms with E-state index in [-0.39, 0.29) is 12.2 Å². The summed E-state index contributed by atoms with van der Waals surface area (Å²) in [6, 6.07) is 2.45. The highest BCUT2D eigenvalue weighted by Gasteiger charge is 2.18. The Kier molecular flexibility index (Phi) is 3.81. The average Bonchev–Trinajstić information content (AvgIpc) is 2.26. The van der Waals surface area contributed by atoms with E-state index >= 15 is 0 Å². The van der Waals surface area contributed by atoms with E-state index in [0.717, 1.165) is 0 Å². The summed E-state index contributed by atoms with van der Waals surface area (Å²) in [7, 11) is 0. The van der Waals surface area contributed by atoms with Gasteiger partial charge in [0, 0.05) is 11.0 Å². The summed E-state index contributed by atoms with van der Waals surface area (Å²) in [5.74, 6) is 0. The molecule has 8 nitrogen and oxygen atoms in total. The fourth-order valence-corrected chi connectivity index (χ4v) is 0.937. The number of H-pyrrole nitrogens is 1. The lowest BCUT2D eigenvalue weighted by atomic mass is 10.1. The molecule has 1 aromatic heterocycles. The molecular formula is C7H9N5O3. The number of aliphatic hydroxyl groups is 2. The number of azide groups is 1. The number of aromatic amines is 1. The SMILES string of the molecule is [N-]=[N+]=NCC(O)C(O)c1ccc(=O)[nH]n1. The number of hydrogen-bond acceptors (Lipinski definition) is 5. The van der Waals surface area contributed by atoms with Crippen molar-refractivity contribution in [3.05, 3.63) is 38.6 Å². The van der Waals surface area contributed by atoms with Crippen molar-refractivity contribution in [3.63, 3.8) is 0 Å². The van der Waals surface area contributed by atoms with E-state index in [0.29, 0.717) is 0 Å². The Morgan fingerprint density at radius 1 is 1.60 bits per heavy atom. The van der Waals surface area contributed by atoms with Crippen LogP contribution >= 0.6 is 0 Å². The number of nitrogens with zero attached hydrogens (tertiary/aromatic N) is 4. The molecule has 0 fully saturated rings. The number of aliphatic hydroxyl groups excluding tert-OH is 2. The molecule has 15 heavy (non-hydrogen) atoms. The van der Waals surface area contributed by atoms with Crippen LogP contribution in [0.3, 0.4) is 0 Å². The molecule has 0 radical (unpaired) electrons. The largest absolute Gasteiger partial charge is 0.390 e. The van der Waals surface area contributed by atoms with Crippen molar-refractivity contribution in [2.45, 2.75) is 12.2 Å². The molecule has 0 aliphatic carbocycles. The number of rotatable bonds is 4. The first-order valence-electron chi connectivity index (χ1n) is 4.07. The van der Waals surface area contributed by atoms with Crippen LogP contribution in [0.5, 0.6) is 0 Å². The summed E-state index contributed by atoms with van der Waals surface area (Å²) in [6.45, 7) is -0.265. The Labute approximate surface area is 83.8 Å². The lowest BCUT2D eigenvalue weighted by molar-refractivity contribution is 0.0212. The van der Waals surface area contributed by atoms with Gasteiger partial charge in [0.05, 0.1) is 18.3 Å². The highest BCUT2D eigenvalue weighted by atomic mass is 16.3. The van der Waals surface area contributed by atoms with E-state index < -0.39 is 17.8 Å². The van der Waals surface area contributed by atoms with Crippen LogP contribution in [0.25, 0.3) is 10.4 Å². The zero-order chi connectivity index (χ0) is 11.3. The smallest absolute Gasteiger partial charge is 0.264 e. The minimum absolute atomic E-state index is 0.107. The summed E-state index contributed by atoms with van der Waals surface area (Å²) in [6.07, 6.45) is -2.55. The molecule has 0 aliphatic heterocycles. The molecule has 0 amide bonds. The van der Waals surface area contributed by atoms with Gasteiger partial charge in [-0.25, -0.2) is 5.10 Å². The van der Waals surface area contributed by atoms with E-state index in [4.69, 9.17) is 5.53 Å². The number of hydrogen-bond donors (Lipinski definition) is 3. The van der Waals surface area contributed by atoms with Gasteiger partial charge in [-0.15, -0.1) is 0 Å². The fraction of sp³-hybridized carbons (Fsp3) is 0.429. The molecule has 0 aromatic carbocycles. The number of aromatic nitrogens is 2. The third-order valence-electron chi connectivity index (χ3n) is 1.70. The molecule has 2 atom stereocenters. The highest BCUT2D eigenvalue weighted by molar-refractivity contribution is 5.04. The zero-order valence-electron chi connectivity index (χ0n) is 7.61. The third-order valence-corrected chi connectivity index (χ3v) is 1.70. The Balaban J connectivity index is 2.75. The number of nitrogens with one attached hydrogen (secondary N) is 1. The van der Waals surface area contributed by atoms with Crippen molar-refractivity contribution in [2.24, 2.45) is 5.11 Å². The van der Waals surface area contributed by atoms with Crippen molar-refractivity contribution >= 4 is 0 Å². The van der Waals surface area contributed by atoms with Crippen LogP contribution in [0.4, 0.5) is 0 Å². The predicted molar refractivity (Wildman–Crippen MR) is 49.8 cm³/mol. The second kappa shape index (κ2) is 5.11. The van der Waals surface area contributed by atoms with Gasteiger partial charge in [0.15, 0.2) is 0 Å². The Morgan fingerprint density at radius 2 is 2.33 bits per heavy atom. The van der Waals surface area contributed by atoms with Crippen LogP contribution in [-0.4, -0.2) is 33.1 Å². The first-order chi connectivity index (χ1) is 7.15. The highest BCUT2D eigenvalue weighted by Crippen LogP contribution is 2.12. The van der Waals surface area contributed by atoms with Gasteiger partial charge >= 0.3 is 0 Å². The molecule has 80 valence electrons. The Bertz CT molecular complexity index is 404.